The zero-order valence-corrected chi connectivity index (χ0v) is 17.4. The molecule has 0 radical (unpaired) electrons. The van der Waals surface area contributed by atoms with Crippen molar-refractivity contribution >= 4 is 11.7 Å². The van der Waals surface area contributed by atoms with Gasteiger partial charge in [0.2, 0.25) is 0 Å². The highest BCUT2D eigenvalue weighted by Crippen LogP contribution is 2.29. The first-order valence-electron chi connectivity index (χ1n) is 9.76. The van der Waals surface area contributed by atoms with E-state index in [9.17, 15) is 9.18 Å². The van der Waals surface area contributed by atoms with Crippen LogP contribution in [0.15, 0.2) is 47.6 Å². The van der Waals surface area contributed by atoms with Crippen LogP contribution in [0, 0.1) is 5.82 Å². The summed E-state index contributed by atoms with van der Waals surface area (Å²) >= 11 is 0. The molecule has 0 fully saturated rings. The molecular formula is C22H26FN3O4. The number of benzene rings is 2. The Morgan fingerprint density at radius 1 is 1.20 bits per heavy atom. The van der Waals surface area contributed by atoms with E-state index < -0.39 is 0 Å². The SMILES string of the molecule is CCNC(=O)N(Cc1ccc(F)cc1)C[C@@H]1CC(c2ccc(OC)c(OC)c2)=NO1. The number of urea groups is 1. The molecule has 0 aromatic heterocycles. The summed E-state index contributed by atoms with van der Waals surface area (Å²) in [7, 11) is 3.16. The van der Waals surface area contributed by atoms with E-state index in [0.29, 0.717) is 37.6 Å². The molecule has 2 aromatic rings. The number of hydrogen-bond donors (Lipinski definition) is 1. The lowest BCUT2D eigenvalue weighted by Gasteiger charge is -2.25. The van der Waals surface area contributed by atoms with Gasteiger partial charge in [0.1, 0.15) is 5.82 Å². The van der Waals surface area contributed by atoms with Gasteiger partial charge in [-0.25, -0.2) is 9.18 Å². The third-order valence-corrected chi connectivity index (χ3v) is 4.78. The average Bonchev–Trinajstić information content (AvgIpc) is 3.23. The molecule has 1 N–H and O–H groups in total. The molecule has 2 aromatic carbocycles. The number of carbonyl (C=O) groups is 1. The summed E-state index contributed by atoms with van der Waals surface area (Å²) in [4.78, 5) is 19.8. The number of halogens is 1. The summed E-state index contributed by atoms with van der Waals surface area (Å²) in [6.07, 6.45) is 0.269. The second kappa shape index (κ2) is 9.96. The van der Waals surface area contributed by atoms with Crippen LogP contribution in [0.2, 0.25) is 0 Å². The number of methoxy groups -OCH3 is 2. The maximum atomic E-state index is 13.2. The van der Waals surface area contributed by atoms with E-state index in [2.05, 4.69) is 10.5 Å². The maximum Gasteiger partial charge on any atom is 0.317 e. The molecule has 1 aliphatic rings. The molecule has 3 rings (SSSR count). The molecule has 1 heterocycles. The number of rotatable bonds is 8. The smallest absolute Gasteiger partial charge is 0.317 e. The summed E-state index contributed by atoms with van der Waals surface area (Å²) in [5.41, 5.74) is 2.48. The van der Waals surface area contributed by atoms with Gasteiger partial charge >= 0.3 is 6.03 Å². The normalized spacial score (nSPS) is 15.2. The van der Waals surface area contributed by atoms with Crippen LogP contribution in [0.3, 0.4) is 0 Å². The van der Waals surface area contributed by atoms with E-state index in [4.69, 9.17) is 14.3 Å². The predicted octanol–water partition coefficient (Wildman–Crippen LogP) is 3.57. The van der Waals surface area contributed by atoms with E-state index >= 15 is 0 Å². The summed E-state index contributed by atoms with van der Waals surface area (Å²) < 4.78 is 23.8. The van der Waals surface area contributed by atoms with E-state index in [-0.39, 0.29) is 18.0 Å². The summed E-state index contributed by atoms with van der Waals surface area (Å²) in [5, 5.41) is 7.02. The highest BCUT2D eigenvalue weighted by molar-refractivity contribution is 6.01. The number of amides is 2. The Morgan fingerprint density at radius 2 is 1.93 bits per heavy atom. The highest BCUT2D eigenvalue weighted by atomic mass is 19.1. The minimum absolute atomic E-state index is 0.204. The van der Waals surface area contributed by atoms with Crippen molar-refractivity contribution in [2.24, 2.45) is 5.16 Å². The number of hydrogen-bond acceptors (Lipinski definition) is 5. The molecule has 1 atom stereocenters. The third kappa shape index (κ3) is 5.20. The van der Waals surface area contributed by atoms with Crippen molar-refractivity contribution in [3.63, 3.8) is 0 Å². The van der Waals surface area contributed by atoms with Crippen LogP contribution in [0.25, 0.3) is 0 Å². The van der Waals surface area contributed by atoms with Crippen molar-refractivity contribution in [3.05, 3.63) is 59.4 Å². The molecular weight excluding hydrogens is 389 g/mol. The Hall–Kier alpha value is -3.29. The zero-order valence-electron chi connectivity index (χ0n) is 17.4. The van der Waals surface area contributed by atoms with Crippen molar-refractivity contribution in [2.75, 3.05) is 27.3 Å². The van der Waals surface area contributed by atoms with Gasteiger partial charge in [0, 0.05) is 25.1 Å². The molecule has 2 amide bonds. The minimum atomic E-state index is -0.310. The van der Waals surface area contributed by atoms with Crippen LogP contribution in [0.1, 0.15) is 24.5 Å². The van der Waals surface area contributed by atoms with E-state index in [1.54, 1.807) is 31.3 Å². The Balaban J connectivity index is 1.68. The first kappa shape index (κ1) is 21.4. The quantitative estimate of drug-likeness (QED) is 0.716. The monoisotopic (exact) mass is 415 g/mol. The minimum Gasteiger partial charge on any atom is -0.493 e. The Bertz CT molecular complexity index is 902. The Labute approximate surface area is 175 Å². The van der Waals surface area contributed by atoms with Crippen LogP contribution in [0.5, 0.6) is 11.5 Å². The van der Waals surface area contributed by atoms with Crippen LogP contribution in [-0.4, -0.2) is 50.1 Å². The van der Waals surface area contributed by atoms with E-state index in [1.165, 1.54) is 12.1 Å². The van der Waals surface area contributed by atoms with E-state index in [1.807, 2.05) is 25.1 Å². The number of ether oxygens (including phenoxy) is 2. The molecule has 0 bridgehead atoms. The lowest BCUT2D eigenvalue weighted by atomic mass is 10.0. The first-order valence-corrected chi connectivity index (χ1v) is 9.76. The Morgan fingerprint density at radius 3 is 2.60 bits per heavy atom. The van der Waals surface area contributed by atoms with Crippen LogP contribution >= 0.6 is 0 Å². The van der Waals surface area contributed by atoms with Gasteiger partial charge < -0.3 is 24.5 Å². The molecule has 0 unspecified atom stereocenters. The van der Waals surface area contributed by atoms with Gasteiger partial charge in [-0.3, -0.25) is 0 Å². The van der Waals surface area contributed by atoms with Crippen molar-refractivity contribution in [2.45, 2.75) is 26.0 Å². The van der Waals surface area contributed by atoms with Gasteiger partial charge in [0.25, 0.3) is 0 Å². The van der Waals surface area contributed by atoms with Crippen molar-refractivity contribution in [1.82, 2.24) is 10.2 Å². The van der Waals surface area contributed by atoms with Gasteiger partial charge in [-0.2, -0.15) is 0 Å². The first-order chi connectivity index (χ1) is 14.5. The van der Waals surface area contributed by atoms with Gasteiger partial charge in [-0.1, -0.05) is 17.3 Å². The van der Waals surface area contributed by atoms with Crippen LogP contribution in [-0.2, 0) is 11.4 Å². The molecule has 1 aliphatic heterocycles. The second-order valence-corrected chi connectivity index (χ2v) is 6.88. The second-order valence-electron chi connectivity index (χ2n) is 6.88. The highest BCUT2D eigenvalue weighted by Gasteiger charge is 2.27. The molecule has 0 saturated heterocycles. The molecule has 0 spiro atoms. The number of oxime groups is 1. The van der Waals surface area contributed by atoms with Gasteiger partial charge in [0.05, 0.1) is 26.5 Å². The summed E-state index contributed by atoms with van der Waals surface area (Å²) in [6, 6.07) is 11.5. The van der Waals surface area contributed by atoms with Crippen molar-refractivity contribution in [3.8, 4) is 11.5 Å². The average molecular weight is 415 g/mol. The molecule has 160 valence electrons. The van der Waals surface area contributed by atoms with Crippen molar-refractivity contribution in [1.29, 1.82) is 0 Å². The molecule has 8 heteroatoms. The lowest BCUT2D eigenvalue weighted by molar-refractivity contribution is 0.0590. The molecule has 7 nitrogen and oxygen atoms in total. The third-order valence-electron chi connectivity index (χ3n) is 4.78. The lowest BCUT2D eigenvalue weighted by Crippen LogP contribution is -2.43. The molecule has 0 aliphatic carbocycles. The van der Waals surface area contributed by atoms with Crippen LogP contribution < -0.4 is 14.8 Å². The van der Waals surface area contributed by atoms with Gasteiger partial charge in [-0.15, -0.1) is 0 Å². The standard InChI is InChI=1S/C22H26FN3O4/c1-4-24-22(27)26(13-15-5-8-17(23)9-6-15)14-18-12-19(25-30-18)16-7-10-20(28-2)21(11-16)29-3/h5-11,18H,4,12-14H2,1-3H3,(H,24,27)/t18-/m0/s1. The fourth-order valence-corrected chi connectivity index (χ4v) is 3.25. The van der Waals surface area contributed by atoms with Crippen LogP contribution in [0.4, 0.5) is 9.18 Å². The number of nitrogens with zero attached hydrogens (tertiary/aromatic N) is 2. The molecule has 0 saturated carbocycles. The fourth-order valence-electron chi connectivity index (χ4n) is 3.25. The largest absolute Gasteiger partial charge is 0.493 e. The van der Waals surface area contributed by atoms with Gasteiger partial charge in [0.15, 0.2) is 17.6 Å². The van der Waals surface area contributed by atoms with E-state index in [0.717, 1.165) is 16.8 Å². The topological polar surface area (TPSA) is 72.4 Å². The fraction of sp³-hybridized carbons (Fsp3) is 0.364. The zero-order chi connectivity index (χ0) is 21.5. The van der Waals surface area contributed by atoms with Gasteiger partial charge in [-0.05, 0) is 42.8 Å². The predicted molar refractivity (Wildman–Crippen MR) is 111 cm³/mol. The number of carbonyl (C=O) groups excluding carboxylic acids is 1. The van der Waals surface area contributed by atoms with Crippen molar-refractivity contribution < 1.29 is 23.5 Å². The Kier molecular flexibility index (Phi) is 7.11. The maximum absolute atomic E-state index is 13.2. The number of nitrogens with one attached hydrogen (secondary N) is 1. The summed E-state index contributed by atoms with van der Waals surface area (Å²) in [5.74, 6) is 0.941. The summed E-state index contributed by atoms with van der Waals surface area (Å²) in [6.45, 7) is 3.07. The molecule has 30 heavy (non-hydrogen) atoms.